The van der Waals surface area contributed by atoms with Crippen LogP contribution in [0.3, 0.4) is 0 Å². The monoisotopic (exact) mass is 534 g/mol. The van der Waals surface area contributed by atoms with Gasteiger partial charge in [0.25, 0.3) is 0 Å². The van der Waals surface area contributed by atoms with Gasteiger partial charge in [-0.2, -0.15) is 10.1 Å². The summed E-state index contributed by atoms with van der Waals surface area (Å²) in [7, 11) is 1.92. The average Bonchev–Trinajstić information content (AvgIpc) is 3.42. The standard InChI is InChI=1S/C27H34N8O4/c1-16-20(39-18-7-8-28-22(11-18)30-17(2)36)13-29-25-24(16)34(6)26(32-25)31-23-12-21(27(3,4)5)35(33-23)14-19-15-37-9-10-38-19/h7-8,11-13,19H,9-10,14-15H2,1-6H3,(H,28,30,36)(H,29,31,32,33)/t19-/m1/s1. The Morgan fingerprint density at radius 3 is 2.74 bits per heavy atom. The number of pyridine rings is 2. The number of amides is 1. The van der Waals surface area contributed by atoms with Crippen molar-refractivity contribution >= 4 is 34.7 Å². The normalized spacial score (nSPS) is 15.9. The zero-order valence-corrected chi connectivity index (χ0v) is 23.1. The third-order valence-electron chi connectivity index (χ3n) is 6.42. The van der Waals surface area contributed by atoms with Gasteiger partial charge < -0.3 is 29.4 Å². The maximum Gasteiger partial charge on any atom is 0.222 e. The van der Waals surface area contributed by atoms with Crippen LogP contribution in [0.15, 0.2) is 30.6 Å². The van der Waals surface area contributed by atoms with E-state index in [0.717, 1.165) is 16.8 Å². The van der Waals surface area contributed by atoms with Crippen LogP contribution in [0.4, 0.5) is 17.6 Å². The molecule has 5 heterocycles. The van der Waals surface area contributed by atoms with E-state index in [9.17, 15) is 4.79 Å². The predicted molar refractivity (Wildman–Crippen MR) is 147 cm³/mol. The highest BCUT2D eigenvalue weighted by atomic mass is 16.6. The van der Waals surface area contributed by atoms with Crippen molar-refractivity contribution in [2.24, 2.45) is 7.05 Å². The summed E-state index contributed by atoms with van der Waals surface area (Å²) >= 11 is 0. The first-order valence-corrected chi connectivity index (χ1v) is 12.9. The lowest BCUT2D eigenvalue weighted by Crippen LogP contribution is -2.34. The number of anilines is 3. The lowest BCUT2D eigenvalue weighted by atomic mass is 9.92. The summed E-state index contributed by atoms with van der Waals surface area (Å²) in [4.78, 5) is 24.8. The van der Waals surface area contributed by atoms with Crippen LogP contribution < -0.4 is 15.4 Å². The number of carbonyl (C=O) groups excluding carboxylic acids is 1. The molecule has 1 fully saturated rings. The molecule has 12 heteroatoms. The Kier molecular flexibility index (Phi) is 7.23. The number of aromatic nitrogens is 6. The summed E-state index contributed by atoms with van der Waals surface area (Å²) in [5.41, 5.74) is 3.25. The Balaban J connectivity index is 1.41. The SMILES string of the molecule is CC(=O)Nc1cc(Oc2cnc3nc(Nc4cc(C(C)(C)C)n(C[C@@H]5COCCO5)n4)n(C)c3c2C)ccn1. The van der Waals surface area contributed by atoms with Gasteiger partial charge in [-0.15, -0.1) is 0 Å². The minimum absolute atomic E-state index is 0.0386. The van der Waals surface area contributed by atoms with Gasteiger partial charge in [0.2, 0.25) is 11.9 Å². The van der Waals surface area contributed by atoms with Crippen molar-refractivity contribution in [2.75, 3.05) is 30.5 Å². The maximum atomic E-state index is 11.4. The van der Waals surface area contributed by atoms with Gasteiger partial charge in [0.05, 0.1) is 38.1 Å². The number of hydrogen-bond acceptors (Lipinski definition) is 9. The third kappa shape index (κ3) is 5.86. The van der Waals surface area contributed by atoms with E-state index in [1.807, 2.05) is 29.3 Å². The molecule has 0 spiro atoms. The fourth-order valence-electron chi connectivity index (χ4n) is 4.56. The summed E-state index contributed by atoms with van der Waals surface area (Å²) in [6, 6.07) is 5.43. The van der Waals surface area contributed by atoms with Crippen LogP contribution in [0.2, 0.25) is 0 Å². The Hall–Kier alpha value is -4.03. The van der Waals surface area contributed by atoms with Gasteiger partial charge in [-0.05, 0) is 13.0 Å². The van der Waals surface area contributed by atoms with Crippen LogP contribution in [0.25, 0.3) is 11.2 Å². The van der Waals surface area contributed by atoms with Crippen molar-refractivity contribution in [3.8, 4) is 11.5 Å². The number of nitrogens with one attached hydrogen (secondary N) is 2. The van der Waals surface area contributed by atoms with Crippen molar-refractivity contribution in [3.63, 3.8) is 0 Å². The van der Waals surface area contributed by atoms with Crippen LogP contribution in [-0.4, -0.2) is 61.1 Å². The number of imidazole rings is 1. The van der Waals surface area contributed by atoms with E-state index in [2.05, 4.69) is 41.4 Å². The molecule has 4 aromatic rings. The van der Waals surface area contributed by atoms with Crippen LogP contribution >= 0.6 is 0 Å². The van der Waals surface area contributed by atoms with Crippen LogP contribution in [0.5, 0.6) is 11.5 Å². The molecular weight excluding hydrogens is 500 g/mol. The third-order valence-corrected chi connectivity index (χ3v) is 6.42. The molecule has 206 valence electrons. The van der Waals surface area contributed by atoms with E-state index in [1.54, 1.807) is 24.5 Å². The van der Waals surface area contributed by atoms with Gasteiger partial charge in [-0.1, -0.05) is 20.8 Å². The molecule has 1 saturated heterocycles. The molecule has 5 rings (SSSR count). The molecule has 12 nitrogen and oxygen atoms in total. The highest BCUT2D eigenvalue weighted by molar-refractivity contribution is 5.87. The largest absolute Gasteiger partial charge is 0.455 e. The summed E-state index contributed by atoms with van der Waals surface area (Å²) < 4.78 is 21.5. The molecule has 4 aromatic heterocycles. The minimum Gasteiger partial charge on any atom is -0.455 e. The van der Waals surface area contributed by atoms with Gasteiger partial charge in [-0.25, -0.2) is 9.97 Å². The lowest BCUT2D eigenvalue weighted by Gasteiger charge is -2.26. The fraction of sp³-hybridized carbons (Fsp3) is 0.444. The van der Waals surface area contributed by atoms with Crippen molar-refractivity contribution in [1.82, 2.24) is 29.3 Å². The first-order valence-electron chi connectivity index (χ1n) is 12.9. The van der Waals surface area contributed by atoms with Gasteiger partial charge in [0.1, 0.15) is 17.7 Å². The topological polar surface area (TPSA) is 130 Å². The Labute approximate surface area is 226 Å². The van der Waals surface area contributed by atoms with Crippen LogP contribution in [-0.2, 0) is 33.3 Å². The molecule has 0 unspecified atom stereocenters. The molecule has 0 aromatic carbocycles. The van der Waals surface area contributed by atoms with Crippen LogP contribution in [0, 0.1) is 6.92 Å². The van der Waals surface area contributed by atoms with Gasteiger partial charge in [0.15, 0.2) is 17.2 Å². The number of rotatable bonds is 7. The molecule has 0 bridgehead atoms. The molecule has 2 N–H and O–H groups in total. The molecule has 1 aliphatic rings. The van der Waals surface area contributed by atoms with Crippen molar-refractivity contribution in [1.29, 1.82) is 0 Å². The first-order chi connectivity index (χ1) is 18.6. The zero-order chi connectivity index (χ0) is 27.7. The Morgan fingerprint density at radius 2 is 2.03 bits per heavy atom. The summed E-state index contributed by atoms with van der Waals surface area (Å²) in [5, 5.41) is 10.9. The quantitative estimate of drug-likeness (QED) is 0.360. The number of nitrogens with zero attached hydrogens (tertiary/aromatic N) is 6. The number of ether oxygens (including phenoxy) is 3. The maximum absolute atomic E-state index is 11.4. The smallest absolute Gasteiger partial charge is 0.222 e. The van der Waals surface area contributed by atoms with E-state index in [4.69, 9.17) is 24.3 Å². The number of hydrogen-bond donors (Lipinski definition) is 2. The van der Waals surface area contributed by atoms with E-state index in [-0.39, 0.29) is 17.4 Å². The molecule has 0 radical (unpaired) electrons. The highest BCUT2D eigenvalue weighted by Gasteiger charge is 2.25. The minimum atomic E-state index is -0.204. The molecule has 1 amide bonds. The number of fused-ring (bicyclic) bond motifs is 1. The second-order valence-corrected chi connectivity index (χ2v) is 10.6. The highest BCUT2D eigenvalue weighted by Crippen LogP contribution is 2.32. The number of aryl methyl sites for hydroxylation is 2. The van der Waals surface area contributed by atoms with Crippen molar-refractivity contribution in [3.05, 3.63) is 41.9 Å². The van der Waals surface area contributed by atoms with Crippen molar-refractivity contribution in [2.45, 2.75) is 52.7 Å². The molecule has 39 heavy (non-hydrogen) atoms. The van der Waals surface area contributed by atoms with E-state index < -0.39 is 0 Å². The van der Waals surface area contributed by atoms with E-state index >= 15 is 0 Å². The van der Waals surface area contributed by atoms with Gasteiger partial charge in [-0.3, -0.25) is 9.48 Å². The fourth-order valence-corrected chi connectivity index (χ4v) is 4.56. The molecule has 1 aliphatic heterocycles. The zero-order valence-electron chi connectivity index (χ0n) is 23.1. The van der Waals surface area contributed by atoms with Crippen LogP contribution in [0.1, 0.15) is 39.0 Å². The lowest BCUT2D eigenvalue weighted by molar-refractivity contribution is -0.114. The first kappa shape index (κ1) is 26.6. The Bertz CT molecular complexity index is 1500. The molecule has 0 aliphatic carbocycles. The van der Waals surface area contributed by atoms with Gasteiger partial charge in [0, 0.05) is 49.0 Å². The second-order valence-electron chi connectivity index (χ2n) is 10.6. The van der Waals surface area contributed by atoms with E-state index in [0.29, 0.717) is 61.1 Å². The number of carbonyl (C=O) groups is 1. The van der Waals surface area contributed by atoms with Gasteiger partial charge >= 0.3 is 0 Å². The Morgan fingerprint density at radius 1 is 1.21 bits per heavy atom. The van der Waals surface area contributed by atoms with Crippen molar-refractivity contribution < 1.29 is 19.0 Å². The van der Waals surface area contributed by atoms with E-state index in [1.165, 1.54) is 6.92 Å². The summed E-state index contributed by atoms with van der Waals surface area (Å²) in [5.74, 6) is 2.61. The molecule has 1 atom stereocenters. The molecule has 0 saturated carbocycles. The predicted octanol–water partition coefficient (Wildman–Crippen LogP) is 4.08. The molecular formula is C27H34N8O4. The summed E-state index contributed by atoms with van der Waals surface area (Å²) in [6.45, 7) is 12.3. The second kappa shape index (κ2) is 10.6. The average molecular weight is 535 g/mol. The summed E-state index contributed by atoms with van der Waals surface area (Å²) in [6.07, 6.45) is 3.18.